The second kappa shape index (κ2) is 9.53. The van der Waals surface area contributed by atoms with Crippen molar-refractivity contribution >= 4 is 28.4 Å². The molecule has 2 aromatic heterocycles. The zero-order valence-corrected chi connectivity index (χ0v) is 20.2. The smallest absolute Gasteiger partial charge is 0.410 e. The molecule has 1 aromatic carbocycles. The highest BCUT2D eigenvalue weighted by atomic mass is 32.1. The molecule has 1 amide bonds. The minimum absolute atomic E-state index is 0.203. The van der Waals surface area contributed by atoms with Crippen molar-refractivity contribution in [2.75, 3.05) is 13.1 Å². The van der Waals surface area contributed by atoms with Gasteiger partial charge in [-0.1, -0.05) is 11.2 Å². The van der Waals surface area contributed by atoms with Crippen LogP contribution >= 0.6 is 11.3 Å². The monoisotopic (exact) mass is 456 g/mol. The van der Waals surface area contributed by atoms with E-state index in [1.807, 2.05) is 44.7 Å². The first-order valence-electron chi connectivity index (χ1n) is 11.3. The Hall–Kier alpha value is -2.54. The quantitative estimate of drug-likeness (QED) is 0.432. The third-order valence-electron chi connectivity index (χ3n) is 5.92. The van der Waals surface area contributed by atoms with Gasteiger partial charge in [0.2, 0.25) is 0 Å². The van der Waals surface area contributed by atoms with E-state index in [0.29, 0.717) is 12.5 Å². The largest absolute Gasteiger partial charge is 0.488 e. The SMILES string of the molecule is Cc1c(OCc2cccs2)ccc2c(CCC3CCN(C(=O)OC(C)(C)C)CC3)noc12. The van der Waals surface area contributed by atoms with Crippen molar-refractivity contribution in [3.05, 3.63) is 45.8 Å². The number of hydrogen-bond acceptors (Lipinski definition) is 6. The van der Waals surface area contributed by atoms with Crippen LogP contribution in [-0.2, 0) is 17.8 Å². The highest BCUT2D eigenvalue weighted by Gasteiger charge is 2.27. The van der Waals surface area contributed by atoms with Crippen LogP contribution in [0.5, 0.6) is 5.75 Å². The van der Waals surface area contributed by atoms with E-state index >= 15 is 0 Å². The summed E-state index contributed by atoms with van der Waals surface area (Å²) in [4.78, 5) is 15.3. The van der Waals surface area contributed by atoms with Gasteiger partial charge in [-0.3, -0.25) is 0 Å². The van der Waals surface area contributed by atoms with Crippen LogP contribution in [0, 0.1) is 12.8 Å². The Labute approximate surface area is 193 Å². The van der Waals surface area contributed by atoms with Crippen molar-refractivity contribution < 1.29 is 18.8 Å². The third kappa shape index (κ3) is 5.44. The molecule has 1 aliphatic heterocycles. The lowest BCUT2D eigenvalue weighted by Gasteiger charge is -2.33. The molecule has 1 fully saturated rings. The average Bonchev–Trinajstić information content (AvgIpc) is 3.41. The molecular weight excluding hydrogens is 424 g/mol. The number of amides is 1. The third-order valence-corrected chi connectivity index (χ3v) is 6.77. The molecule has 0 aliphatic carbocycles. The van der Waals surface area contributed by atoms with Crippen LogP contribution in [0.1, 0.15) is 56.2 Å². The summed E-state index contributed by atoms with van der Waals surface area (Å²) < 4.78 is 17.2. The van der Waals surface area contributed by atoms with Crippen LogP contribution in [0.4, 0.5) is 4.79 Å². The summed E-state index contributed by atoms with van der Waals surface area (Å²) in [6.07, 6.45) is 3.70. The number of hydrogen-bond donors (Lipinski definition) is 0. The van der Waals surface area contributed by atoms with E-state index in [2.05, 4.69) is 22.7 Å². The number of aromatic nitrogens is 1. The predicted molar refractivity (Wildman–Crippen MR) is 126 cm³/mol. The van der Waals surface area contributed by atoms with Gasteiger partial charge in [0.15, 0.2) is 5.58 Å². The Morgan fingerprint density at radius 3 is 2.72 bits per heavy atom. The maximum atomic E-state index is 12.3. The van der Waals surface area contributed by atoms with Gasteiger partial charge in [-0.25, -0.2) is 4.79 Å². The zero-order chi connectivity index (χ0) is 22.7. The van der Waals surface area contributed by atoms with Crippen molar-refractivity contribution in [3.8, 4) is 5.75 Å². The lowest BCUT2D eigenvalue weighted by molar-refractivity contribution is 0.0181. The summed E-state index contributed by atoms with van der Waals surface area (Å²) in [6, 6.07) is 8.18. The van der Waals surface area contributed by atoms with Gasteiger partial charge in [-0.2, -0.15) is 0 Å². The Bertz CT molecular complexity index is 1040. The summed E-state index contributed by atoms with van der Waals surface area (Å²) in [5.74, 6) is 1.41. The maximum absolute atomic E-state index is 12.3. The van der Waals surface area contributed by atoms with Crippen LogP contribution in [0.2, 0.25) is 0 Å². The number of likely N-dealkylation sites (tertiary alicyclic amines) is 1. The normalized spacial score (nSPS) is 15.3. The van der Waals surface area contributed by atoms with Crippen molar-refractivity contribution in [1.82, 2.24) is 10.1 Å². The molecule has 172 valence electrons. The highest BCUT2D eigenvalue weighted by molar-refractivity contribution is 7.09. The topological polar surface area (TPSA) is 64.8 Å². The number of benzene rings is 1. The number of piperidine rings is 1. The van der Waals surface area contributed by atoms with Gasteiger partial charge >= 0.3 is 6.09 Å². The number of ether oxygens (including phenoxy) is 2. The first-order chi connectivity index (χ1) is 15.3. The van der Waals surface area contributed by atoms with E-state index in [1.54, 1.807) is 11.3 Å². The number of thiophene rings is 1. The second-order valence-corrected chi connectivity index (χ2v) is 10.5. The Morgan fingerprint density at radius 2 is 2.03 bits per heavy atom. The van der Waals surface area contributed by atoms with E-state index in [1.165, 1.54) is 4.88 Å². The van der Waals surface area contributed by atoms with Gasteiger partial charge in [0.1, 0.15) is 18.0 Å². The fraction of sp³-hybridized carbons (Fsp3) is 0.520. The van der Waals surface area contributed by atoms with Gasteiger partial charge in [0, 0.05) is 28.9 Å². The van der Waals surface area contributed by atoms with Gasteiger partial charge in [0.05, 0.1) is 5.69 Å². The Balaban J connectivity index is 1.31. The fourth-order valence-electron chi connectivity index (χ4n) is 4.12. The fourth-order valence-corrected chi connectivity index (χ4v) is 4.74. The van der Waals surface area contributed by atoms with E-state index in [-0.39, 0.29) is 6.09 Å². The van der Waals surface area contributed by atoms with E-state index in [0.717, 1.165) is 66.7 Å². The molecule has 6 nitrogen and oxygen atoms in total. The molecule has 0 spiro atoms. The second-order valence-electron chi connectivity index (χ2n) is 9.51. The lowest BCUT2D eigenvalue weighted by Crippen LogP contribution is -2.41. The summed E-state index contributed by atoms with van der Waals surface area (Å²) in [7, 11) is 0. The average molecular weight is 457 g/mol. The molecule has 3 aromatic rings. The highest BCUT2D eigenvalue weighted by Crippen LogP contribution is 2.32. The molecule has 32 heavy (non-hydrogen) atoms. The molecule has 1 aliphatic rings. The summed E-state index contributed by atoms with van der Waals surface area (Å²) >= 11 is 1.69. The van der Waals surface area contributed by atoms with Gasteiger partial charge in [-0.05, 0) is 82.9 Å². The maximum Gasteiger partial charge on any atom is 0.410 e. The number of nitrogens with zero attached hydrogens (tertiary/aromatic N) is 2. The number of rotatable bonds is 6. The molecule has 3 heterocycles. The number of fused-ring (bicyclic) bond motifs is 1. The van der Waals surface area contributed by atoms with E-state index in [4.69, 9.17) is 14.0 Å². The molecule has 7 heteroatoms. The van der Waals surface area contributed by atoms with Crippen molar-refractivity contribution in [2.24, 2.45) is 5.92 Å². The molecule has 0 unspecified atom stereocenters. The minimum Gasteiger partial charge on any atom is -0.488 e. The summed E-state index contributed by atoms with van der Waals surface area (Å²) in [5, 5.41) is 7.48. The van der Waals surface area contributed by atoms with Crippen molar-refractivity contribution in [3.63, 3.8) is 0 Å². The van der Waals surface area contributed by atoms with Gasteiger partial charge in [0.25, 0.3) is 0 Å². The van der Waals surface area contributed by atoms with Gasteiger partial charge in [-0.15, -0.1) is 11.3 Å². The molecule has 0 saturated carbocycles. The van der Waals surface area contributed by atoms with Crippen LogP contribution in [0.15, 0.2) is 34.2 Å². The van der Waals surface area contributed by atoms with Crippen LogP contribution in [0.25, 0.3) is 11.0 Å². The molecule has 1 saturated heterocycles. The molecule has 0 N–H and O–H groups in total. The van der Waals surface area contributed by atoms with E-state index in [9.17, 15) is 4.79 Å². The lowest BCUT2D eigenvalue weighted by atomic mass is 9.91. The van der Waals surface area contributed by atoms with Crippen LogP contribution in [0.3, 0.4) is 0 Å². The zero-order valence-electron chi connectivity index (χ0n) is 19.3. The Morgan fingerprint density at radius 1 is 1.25 bits per heavy atom. The standard InChI is InChI=1S/C25H32N2O4S/c1-17-22(29-16-19-6-5-15-32-19)10-8-20-21(26-31-23(17)20)9-7-18-11-13-27(14-12-18)24(28)30-25(2,3)4/h5-6,8,10,15,18H,7,9,11-14,16H2,1-4H3. The van der Waals surface area contributed by atoms with Crippen molar-refractivity contribution in [1.29, 1.82) is 0 Å². The number of carbonyl (C=O) groups excluding carboxylic acids is 1. The first-order valence-corrected chi connectivity index (χ1v) is 12.2. The van der Waals surface area contributed by atoms with Crippen molar-refractivity contribution in [2.45, 2.75) is 65.6 Å². The number of aryl methyl sites for hydroxylation is 2. The van der Waals surface area contributed by atoms with Crippen LogP contribution in [-0.4, -0.2) is 34.8 Å². The van der Waals surface area contributed by atoms with E-state index < -0.39 is 5.60 Å². The molecular formula is C25H32N2O4S. The Kier molecular flexibility index (Phi) is 6.74. The minimum atomic E-state index is -0.449. The first kappa shape index (κ1) is 22.6. The number of carbonyl (C=O) groups is 1. The molecule has 0 bridgehead atoms. The summed E-state index contributed by atoms with van der Waals surface area (Å²) in [6.45, 7) is 9.80. The predicted octanol–water partition coefficient (Wildman–Crippen LogP) is 6.36. The molecule has 0 radical (unpaired) electrons. The molecule has 0 atom stereocenters. The summed E-state index contributed by atoms with van der Waals surface area (Å²) in [5.41, 5.74) is 2.35. The van der Waals surface area contributed by atoms with Crippen LogP contribution < -0.4 is 4.74 Å². The van der Waals surface area contributed by atoms with Gasteiger partial charge < -0.3 is 18.9 Å². The molecule has 4 rings (SSSR count).